The van der Waals surface area contributed by atoms with E-state index < -0.39 is 0 Å². The average Bonchev–Trinajstić information content (AvgIpc) is 3.08. The summed E-state index contributed by atoms with van der Waals surface area (Å²) in [6, 6.07) is 14.4. The van der Waals surface area contributed by atoms with Crippen LogP contribution in [0, 0.1) is 20.8 Å². The summed E-state index contributed by atoms with van der Waals surface area (Å²) in [4.78, 5) is 12.4. The monoisotopic (exact) mass is 362 g/mol. The fourth-order valence-electron chi connectivity index (χ4n) is 3.42. The zero-order valence-corrected chi connectivity index (χ0v) is 16.4. The van der Waals surface area contributed by atoms with E-state index in [9.17, 15) is 4.79 Å². The summed E-state index contributed by atoms with van der Waals surface area (Å²) < 4.78 is 5.17. The van der Waals surface area contributed by atoms with Crippen LogP contribution in [0.1, 0.15) is 47.2 Å². The molecule has 0 unspecified atom stereocenters. The molecule has 4 nitrogen and oxygen atoms in total. The van der Waals surface area contributed by atoms with Crippen molar-refractivity contribution in [1.82, 2.24) is 10.5 Å². The second-order valence-electron chi connectivity index (χ2n) is 7.21. The van der Waals surface area contributed by atoms with Crippen molar-refractivity contribution in [1.29, 1.82) is 0 Å². The number of aryl methyl sites for hydroxylation is 4. The van der Waals surface area contributed by atoms with Gasteiger partial charge in [0.25, 0.3) is 0 Å². The van der Waals surface area contributed by atoms with E-state index >= 15 is 0 Å². The third-order valence-electron chi connectivity index (χ3n) is 4.83. The predicted octanol–water partition coefficient (Wildman–Crippen LogP) is 5.08. The van der Waals surface area contributed by atoms with Crippen molar-refractivity contribution in [3.63, 3.8) is 0 Å². The fraction of sp³-hybridized carbons (Fsp3) is 0.304. The zero-order chi connectivity index (χ0) is 19.4. The highest BCUT2D eigenvalue weighted by atomic mass is 16.5. The number of nitrogens with one attached hydrogen (secondary N) is 1. The number of carbonyl (C=O) groups is 1. The van der Waals surface area contributed by atoms with Crippen LogP contribution in [0.2, 0.25) is 0 Å². The average molecular weight is 362 g/mol. The van der Waals surface area contributed by atoms with Gasteiger partial charge in [-0.05, 0) is 51.3 Å². The van der Waals surface area contributed by atoms with Crippen LogP contribution >= 0.6 is 0 Å². The molecule has 4 heteroatoms. The second kappa shape index (κ2) is 8.21. The van der Waals surface area contributed by atoms with Crippen LogP contribution in [0.15, 0.2) is 53.3 Å². The predicted molar refractivity (Wildman–Crippen MR) is 107 cm³/mol. The number of hydrogen-bond donors (Lipinski definition) is 1. The lowest BCUT2D eigenvalue weighted by Crippen LogP contribution is -2.27. The lowest BCUT2D eigenvalue weighted by molar-refractivity contribution is -0.121. The molecule has 0 fully saturated rings. The van der Waals surface area contributed by atoms with Gasteiger partial charge in [-0.15, -0.1) is 0 Å². The summed E-state index contributed by atoms with van der Waals surface area (Å²) >= 11 is 0. The molecular weight excluding hydrogens is 336 g/mol. The number of benzene rings is 2. The Kier molecular flexibility index (Phi) is 5.75. The minimum Gasteiger partial charge on any atom is -0.364 e. The molecule has 1 aromatic heterocycles. The zero-order valence-electron chi connectivity index (χ0n) is 16.4. The maximum Gasteiger partial charge on any atom is 0.220 e. The summed E-state index contributed by atoms with van der Waals surface area (Å²) in [6.07, 6.45) is 2.63. The van der Waals surface area contributed by atoms with Gasteiger partial charge in [0.05, 0.1) is 6.04 Å². The molecule has 1 atom stereocenters. The Balaban J connectivity index is 1.62. The first kappa shape index (κ1) is 18.9. The van der Waals surface area contributed by atoms with Crippen LogP contribution in [0.5, 0.6) is 0 Å². The van der Waals surface area contributed by atoms with Crippen LogP contribution in [0.3, 0.4) is 0 Å². The van der Waals surface area contributed by atoms with Crippen LogP contribution in [-0.2, 0) is 11.2 Å². The van der Waals surface area contributed by atoms with Gasteiger partial charge < -0.3 is 9.84 Å². The summed E-state index contributed by atoms with van der Waals surface area (Å²) in [5.41, 5.74) is 7.53. The molecule has 0 aliphatic heterocycles. The molecule has 1 amide bonds. The Hall–Kier alpha value is -2.88. The standard InChI is InChI=1S/C23H26N2O2/c1-15-6-5-7-19(13-15)23-20(14-27-25-23)9-11-22(26)24-18(4)21-10-8-16(2)12-17(21)3/h5-8,10,12-14,18H,9,11H2,1-4H3,(H,24,26)/t18-/m1/s1. The summed E-state index contributed by atoms with van der Waals surface area (Å²) in [5, 5.41) is 7.22. The fourth-order valence-corrected chi connectivity index (χ4v) is 3.42. The van der Waals surface area contributed by atoms with Crippen LogP contribution in [0.25, 0.3) is 11.3 Å². The molecule has 1 N–H and O–H groups in total. The van der Waals surface area contributed by atoms with Gasteiger partial charge in [-0.3, -0.25) is 4.79 Å². The summed E-state index contributed by atoms with van der Waals surface area (Å²) in [5.74, 6) is 0.0267. The Bertz CT molecular complexity index is 943. The minimum absolute atomic E-state index is 0.0168. The van der Waals surface area contributed by atoms with Gasteiger partial charge in [0.1, 0.15) is 12.0 Å². The molecule has 140 valence electrons. The molecule has 1 heterocycles. The Morgan fingerprint density at radius 3 is 2.63 bits per heavy atom. The van der Waals surface area contributed by atoms with Crippen molar-refractivity contribution in [3.05, 3.63) is 76.5 Å². The Morgan fingerprint density at radius 2 is 1.89 bits per heavy atom. The van der Waals surface area contributed by atoms with Crippen molar-refractivity contribution >= 4 is 5.91 Å². The van der Waals surface area contributed by atoms with Gasteiger partial charge in [-0.25, -0.2) is 0 Å². The maximum atomic E-state index is 12.4. The highest BCUT2D eigenvalue weighted by Gasteiger charge is 2.15. The topological polar surface area (TPSA) is 55.1 Å². The highest BCUT2D eigenvalue weighted by molar-refractivity contribution is 5.77. The van der Waals surface area contributed by atoms with Crippen LogP contribution < -0.4 is 5.32 Å². The summed E-state index contributed by atoms with van der Waals surface area (Å²) in [7, 11) is 0. The summed E-state index contributed by atoms with van der Waals surface area (Å²) in [6.45, 7) is 8.22. The van der Waals surface area contributed by atoms with Gasteiger partial charge in [-0.2, -0.15) is 0 Å². The number of aromatic nitrogens is 1. The van der Waals surface area contributed by atoms with Gasteiger partial charge in [0, 0.05) is 17.5 Å². The van der Waals surface area contributed by atoms with E-state index in [4.69, 9.17) is 4.52 Å². The van der Waals surface area contributed by atoms with Gasteiger partial charge in [-0.1, -0.05) is 52.7 Å². The molecule has 3 aromatic rings. The second-order valence-corrected chi connectivity index (χ2v) is 7.21. The minimum atomic E-state index is -0.0168. The smallest absolute Gasteiger partial charge is 0.220 e. The van der Waals surface area contributed by atoms with Gasteiger partial charge in [0.15, 0.2) is 0 Å². The third kappa shape index (κ3) is 4.64. The molecular formula is C23H26N2O2. The van der Waals surface area contributed by atoms with Crippen molar-refractivity contribution < 1.29 is 9.32 Å². The number of rotatable bonds is 6. The molecule has 0 aliphatic rings. The van der Waals surface area contributed by atoms with E-state index in [1.54, 1.807) is 6.26 Å². The van der Waals surface area contributed by atoms with E-state index in [-0.39, 0.29) is 11.9 Å². The molecule has 3 rings (SSSR count). The van der Waals surface area contributed by atoms with E-state index in [0.717, 1.165) is 22.4 Å². The lowest BCUT2D eigenvalue weighted by Gasteiger charge is -2.17. The van der Waals surface area contributed by atoms with Crippen LogP contribution in [-0.4, -0.2) is 11.1 Å². The van der Waals surface area contributed by atoms with Crippen molar-refractivity contribution in [2.24, 2.45) is 0 Å². The maximum absolute atomic E-state index is 12.4. The van der Waals surface area contributed by atoms with Gasteiger partial charge >= 0.3 is 0 Å². The Labute approximate surface area is 160 Å². The normalized spacial score (nSPS) is 12.0. The molecule has 0 saturated carbocycles. The van der Waals surface area contributed by atoms with E-state index in [0.29, 0.717) is 12.8 Å². The van der Waals surface area contributed by atoms with E-state index in [2.05, 4.69) is 48.6 Å². The van der Waals surface area contributed by atoms with E-state index in [1.165, 1.54) is 16.7 Å². The van der Waals surface area contributed by atoms with Crippen molar-refractivity contribution in [3.8, 4) is 11.3 Å². The molecule has 0 aliphatic carbocycles. The van der Waals surface area contributed by atoms with Crippen molar-refractivity contribution in [2.75, 3.05) is 0 Å². The largest absolute Gasteiger partial charge is 0.364 e. The molecule has 2 aromatic carbocycles. The number of amides is 1. The van der Waals surface area contributed by atoms with Crippen LogP contribution in [0.4, 0.5) is 0 Å². The molecule has 0 spiro atoms. The molecule has 0 saturated heterocycles. The van der Waals surface area contributed by atoms with E-state index in [1.807, 2.05) is 32.0 Å². The molecule has 0 bridgehead atoms. The highest BCUT2D eigenvalue weighted by Crippen LogP contribution is 2.24. The first-order valence-corrected chi connectivity index (χ1v) is 9.31. The van der Waals surface area contributed by atoms with Gasteiger partial charge in [0.2, 0.25) is 5.91 Å². The quantitative estimate of drug-likeness (QED) is 0.665. The number of hydrogen-bond acceptors (Lipinski definition) is 3. The third-order valence-corrected chi connectivity index (χ3v) is 4.83. The molecule has 27 heavy (non-hydrogen) atoms. The number of nitrogens with zero attached hydrogens (tertiary/aromatic N) is 1. The lowest BCUT2D eigenvalue weighted by atomic mass is 10.00. The SMILES string of the molecule is Cc1cccc(-c2nocc2CCC(=O)N[C@H](C)c2ccc(C)cc2C)c1. The molecule has 0 radical (unpaired) electrons. The first-order chi connectivity index (χ1) is 12.9. The number of carbonyl (C=O) groups excluding carboxylic acids is 1. The van der Waals surface area contributed by atoms with Crippen molar-refractivity contribution in [2.45, 2.75) is 46.6 Å². The first-order valence-electron chi connectivity index (χ1n) is 9.31. The Morgan fingerprint density at radius 1 is 1.11 bits per heavy atom.